The molecule has 1 fully saturated rings. The highest BCUT2D eigenvalue weighted by Crippen LogP contribution is 2.19. The molecule has 2 N–H and O–H groups in total. The summed E-state index contributed by atoms with van der Waals surface area (Å²) in [5.74, 6) is 0.941. The van der Waals surface area contributed by atoms with E-state index >= 15 is 0 Å². The van der Waals surface area contributed by atoms with Crippen molar-refractivity contribution < 1.29 is 4.74 Å². The molecule has 0 bridgehead atoms. The molecular weight excluding hydrogens is 248 g/mol. The topological polar surface area (TPSA) is 38.5 Å². The van der Waals surface area contributed by atoms with Gasteiger partial charge in [-0.25, -0.2) is 0 Å². The number of nitrogens with two attached hydrogens (primary N) is 1. The van der Waals surface area contributed by atoms with Gasteiger partial charge in [0, 0.05) is 19.1 Å². The average molecular weight is 276 g/mol. The quantitative estimate of drug-likeness (QED) is 0.867. The van der Waals surface area contributed by atoms with Gasteiger partial charge in [-0.15, -0.1) is 0 Å². The van der Waals surface area contributed by atoms with Crippen LogP contribution in [-0.4, -0.2) is 30.6 Å². The monoisotopic (exact) mass is 276 g/mol. The lowest BCUT2D eigenvalue weighted by atomic mass is 10.1. The molecule has 20 heavy (non-hydrogen) atoms. The fourth-order valence-corrected chi connectivity index (χ4v) is 3.04. The minimum atomic E-state index is 0.571. The maximum atomic E-state index is 5.89. The molecule has 0 amide bonds. The van der Waals surface area contributed by atoms with Gasteiger partial charge in [0.05, 0.1) is 0 Å². The first kappa shape index (κ1) is 15.3. The molecule has 1 aromatic carbocycles. The zero-order valence-corrected chi connectivity index (χ0v) is 12.7. The summed E-state index contributed by atoms with van der Waals surface area (Å²) >= 11 is 0. The Kier molecular flexibility index (Phi) is 6.34. The van der Waals surface area contributed by atoms with Crippen molar-refractivity contribution in [3.8, 4) is 5.75 Å². The number of likely N-dealkylation sites (tertiary alicyclic amines) is 1. The largest absolute Gasteiger partial charge is 0.492 e. The summed E-state index contributed by atoms with van der Waals surface area (Å²) in [6.45, 7) is 5.90. The van der Waals surface area contributed by atoms with Crippen LogP contribution in [0.5, 0.6) is 5.75 Å². The van der Waals surface area contributed by atoms with Gasteiger partial charge in [-0.3, -0.25) is 4.90 Å². The predicted molar refractivity (Wildman–Crippen MR) is 83.9 cm³/mol. The van der Waals surface area contributed by atoms with Crippen LogP contribution in [0.15, 0.2) is 24.3 Å². The minimum Gasteiger partial charge on any atom is -0.492 e. The van der Waals surface area contributed by atoms with E-state index in [0.717, 1.165) is 30.5 Å². The first-order valence-electron chi connectivity index (χ1n) is 7.99. The summed E-state index contributed by atoms with van der Waals surface area (Å²) in [5.41, 5.74) is 6.78. The molecule has 1 aromatic rings. The highest BCUT2D eigenvalue weighted by molar-refractivity contribution is 5.28. The van der Waals surface area contributed by atoms with E-state index in [0.29, 0.717) is 6.54 Å². The van der Waals surface area contributed by atoms with Gasteiger partial charge in [0.2, 0.25) is 0 Å². The predicted octanol–water partition coefficient (Wildman–Crippen LogP) is 3.18. The van der Waals surface area contributed by atoms with Gasteiger partial charge in [0.1, 0.15) is 12.4 Å². The van der Waals surface area contributed by atoms with E-state index in [1.165, 1.54) is 38.6 Å². The molecule has 0 saturated carbocycles. The smallest absolute Gasteiger partial charge is 0.119 e. The Hall–Kier alpha value is -1.06. The molecular formula is C17H28N2O. The molecule has 1 aliphatic heterocycles. The minimum absolute atomic E-state index is 0.571. The molecule has 1 aliphatic rings. The van der Waals surface area contributed by atoms with Crippen molar-refractivity contribution in [3.05, 3.63) is 29.8 Å². The van der Waals surface area contributed by atoms with E-state index < -0.39 is 0 Å². The van der Waals surface area contributed by atoms with Crippen molar-refractivity contribution in [1.29, 1.82) is 0 Å². The summed E-state index contributed by atoms with van der Waals surface area (Å²) < 4.78 is 5.89. The summed E-state index contributed by atoms with van der Waals surface area (Å²) in [5, 5.41) is 0. The van der Waals surface area contributed by atoms with E-state index in [9.17, 15) is 0 Å². The van der Waals surface area contributed by atoms with Crippen molar-refractivity contribution >= 4 is 0 Å². The van der Waals surface area contributed by atoms with Crippen LogP contribution in [0, 0.1) is 0 Å². The van der Waals surface area contributed by atoms with Crippen molar-refractivity contribution in [2.24, 2.45) is 5.73 Å². The van der Waals surface area contributed by atoms with Crippen molar-refractivity contribution in [3.63, 3.8) is 0 Å². The van der Waals surface area contributed by atoms with Gasteiger partial charge >= 0.3 is 0 Å². The summed E-state index contributed by atoms with van der Waals surface area (Å²) in [6, 6.07) is 8.85. The third-order valence-corrected chi connectivity index (χ3v) is 4.25. The Morgan fingerprint density at radius 1 is 1.30 bits per heavy atom. The second kappa shape index (κ2) is 8.28. The zero-order valence-electron chi connectivity index (χ0n) is 12.7. The Bertz CT molecular complexity index is 394. The maximum Gasteiger partial charge on any atom is 0.119 e. The summed E-state index contributed by atoms with van der Waals surface area (Å²) in [4.78, 5) is 2.61. The molecule has 1 atom stereocenters. The zero-order chi connectivity index (χ0) is 14.2. The first-order valence-corrected chi connectivity index (χ1v) is 7.99. The lowest BCUT2D eigenvalue weighted by molar-refractivity contribution is 0.158. The second-order valence-electron chi connectivity index (χ2n) is 5.65. The molecule has 0 aromatic heterocycles. The van der Waals surface area contributed by atoms with E-state index in [4.69, 9.17) is 10.5 Å². The molecule has 1 heterocycles. The van der Waals surface area contributed by atoms with E-state index in [2.05, 4.69) is 11.8 Å². The van der Waals surface area contributed by atoms with Gasteiger partial charge in [0.15, 0.2) is 0 Å². The molecule has 0 aliphatic carbocycles. The fraction of sp³-hybridized carbons (Fsp3) is 0.647. The molecule has 0 spiro atoms. The number of hydrogen-bond donors (Lipinski definition) is 1. The number of hydrogen-bond acceptors (Lipinski definition) is 3. The Morgan fingerprint density at radius 2 is 2.20 bits per heavy atom. The molecule has 0 radical (unpaired) electrons. The van der Waals surface area contributed by atoms with Crippen molar-refractivity contribution in [1.82, 2.24) is 4.90 Å². The Morgan fingerprint density at radius 3 is 3.00 bits per heavy atom. The van der Waals surface area contributed by atoms with Crippen LogP contribution in [0.1, 0.15) is 44.6 Å². The van der Waals surface area contributed by atoms with Crippen molar-refractivity contribution in [2.45, 2.75) is 51.6 Å². The number of ether oxygens (including phenoxy) is 1. The van der Waals surface area contributed by atoms with E-state index in [-0.39, 0.29) is 0 Å². The van der Waals surface area contributed by atoms with Crippen LogP contribution in [0.25, 0.3) is 0 Å². The van der Waals surface area contributed by atoms with Gasteiger partial charge in [-0.05, 0) is 43.5 Å². The highest BCUT2D eigenvalue weighted by atomic mass is 16.5. The molecule has 112 valence electrons. The highest BCUT2D eigenvalue weighted by Gasteiger charge is 2.18. The summed E-state index contributed by atoms with van der Waals surface area (Å²) in [6.07, 6.45) is 6.70. The first-order chi connectivity index (χ1) is 9.83. The lowest BCUT2D eigenvalue weighted by Gasteiger charge is -2.28. The third kappa shape index (κ3) is 4.50. The number of nitrogens with zero attached hydrogens (tertiary/aromatic N) is 1. The van der Waals surface area contributed by atoms with E-state index in [1.807, 2.05) is 24.3 Å². The molecule has 3 heteroatoms. The van der Waals surface area contributed by atoms with Gasteiger partial charge < -0.3 is 10.5 Å². The average Bonchev–Trinajstić information content (AvgIpc) is 2.72. The summed E-state index contributed by atoms with van der Waals surface area (Å²) in [7, 11) is 0. The Balaban J connectivity index is 1.81. The number of benzene rings is 1. The van der Waals surface area contributed by atoms with Gasteiger partial charge in [-0.1, -0.05) is 31.9 Å². The van der Waals surface area contributed by atoms with Crippen LogP contribution in [0.2, 0.25) is 0 Å². The lowest BCUT2D eigenvalue weighted by Crippen LogP contribution is -2.37. The van der Waals surface area contributed by atoms with Crippen LogP contribution in [0.4, 0.5) is 0 Å². The second-order valence-corrected chi connectivity index (χ2v) is 5.65. The standard InChI is InChI=1S/C17H28N2O/c1-2-16-8-4-3-5-10-19(16)11-12-20-17-9-6-7-15(13-17)14-18/h6-7,9,13,16H,2-5,8,10-12,14,18H2,1H3. The van der Waals surface area contributed by atoms with Crippen molar-refractivity contribution in [2.75, 3.05) is 19.7 Å². The molecule has 1 saturated heterocycles. The molecule has 3 nitrogen and oxygen atoms in total. The maximum absolute atomic E-state index is 5.89. The SMILES string of the molecule is CCC1CCCCCN1CCOc1cccc(CN)c1. The van der Waals surface area contributed by atoms with Crippen LogP contribution >= 0.6 is 0 Å². The third-order valence-electron chi connectivity index (χ3n) is 4.25. The fourth-order valence-electron chi connectivity index (χ4n) is 3.04. The normalized spacial score (nSPS) is 20.6. The molecule has 1 unspecified atom stereocenters. The molecule has 2 rings (SSSR count). The Labute approximate surface area is 123 Å². The van der Waals surface area contributed by atoms with Crippen LogP contribution in [-0.2, 0) is 6.54 Å². The van der Waals surface area contributed by atoms with Crippen LogP contribution < -0.4 is 10.5 Å². The number of rotatable bonds is 6. The van der Waals surface area contributed by atoms with E-state index in [1.54, 1.807) is 0 Å². The van der Waals surface area contributed by atoms with Gasteiger partial charge in [-0.2, -0.15) is 0 Å². The van der Waals surface area contributed by atoms with Gasteiger partial charge in [0.25, 0.3) is 0 Å². The van der Waals surface area contributed by atoms with Crippen LogP contribution in [0.3, 0.4) is 0 Å².